The van der Waals surface area contributed by atoms with E-state index in [-0.39, 0.29) is 36.1 Å². The van der Waals surface area contributed by atoms with Gasteiger partial charge < -0.3 is 20.1 Å². The predicted molar refractivity (Wildman–Crippen MR) is 147 cm³/mol. The van der Waals surface area contributed by atoms with Crippen LogP contribution in [0.15, 0.2) is 48.7 Å². The van der Waals surface area contributed by atoms with Crippen LogP contribution in [0.2, 0.25) is 5.02 Å². The van der Waals surface area contributed by atoms with E-state index in [4.69, 9.17) is 16.3 Å². The lowest BCUT2D eigenvalue weighted by atomic mass is 9.97. The van der Waals surface area contributed by atoms with Crippen LogP contribution in [-0.2, 0) is 34.0 Å². The molecule has 8 nitrogen and oxygen atoms in total. The lowest BCUT2D eigenvalue weighted by Crippen LogP contribution is -2.52. The number of nitrogens with zero attached hydrogens (tertiary/aromatic N) is 3. The Bertz CT molecular complexity index is 1530. The van der Waals surface area contributed by atoms with Crippen molar-refractivity contribution in [2.45, 2.75) is 56.6 Å². The quantitative estimate of drug-likeness (QED) is 0.413. The molecule has 6 rings (SSSR count). The van der Waals surface area contributed by atoms with E-state index in [1.807, 2.05) is 6.07 Å². The van der Waals surface area contributed by atoms with E-state index in [0.29, 0.717) is 37.4 Å². The van der Waals surface area contributed by atoms with Crippen molar-refractivity contribution in [3.8, 4) is 0 Å². The van der Waals surface area contributed by atoms with Gasteiger partial charge in [0, 0.05) is 49.2 Å². The first-order valence-electron chi connectivity index (χ1n) is 13.7. The zero-order valence-electron chi connectivity index (χ0n) is 22.5. The van der Waals surface area contributed by atoms with Gasteiger partial charge in [-0.3, -0.25) is 19.5 Å². The van der Waals surface area contributed by atoms with E-state index in [1.165, 1.54) is 23.1 Å². The molecule has 2 fully saturated rings. The first-order chi connectivity index (χ1) is 20.1. The maximum atomic E-state index is 14.2. The van der Waals surface area contributed by atoms with Crippen molar-refractivity contribution in [2.75, 3.05) is 18.1 Å². The van der Waals surface area contributed by atoms with Crippen LogP contribution in [-0.4, -0.2) is 51.6 Å². The molecule has 4 heterocycles. The second-order valence-electron chi connectivity index (χ2n) is 11.0. The average Bonchev–Trinajstić information content (AvgIpc) is 3.53. The summed E-state index contributed by atoms with van der Waals surface area (Å²) >= 11 is 5.86. The Morgan fingerprint density at radius 2 is 1.95 bits per heavy atom. The van der Waals surface area contributed by atoms with E-state index < -0.39 is 41.0 Å². The van der Waals surface area contributed by atoms with Gasteiger partial charge in [0.1, 0.15) is 17.5 Å². The van der Waals surface area contributed by atoms with Gasteiger partial charge in [-0.25, -0.2) is 13.2 Å². The molecule has 220 valence electrons. The largest absolute Gasteiger partial charge is 0.372 e. The summed E-state index contributed by atoms with van der Waals surface area (Å²) in [5.41, 5.74) is 0.604. The molecule has 3 aliphatic heterocycles. The monoisotopic (exact) mass is 600 g/mol. The Morgan fingerprint density at radius 3 is 2.71 bits per heavy atom. The molecule has 2 N–H and O–H groups in total. The number of carbonyl (C=O) groups is 2. The Balaban J connectivity index is 1.07. The Kier molecular flexibility index (Phi) is 7.69. The highest BCUT2D eigenvalue weighted by Gasteiger charge is 2.52. The highest BCUT2D eigenvalue weighted by molar-refractivity contribution is 6.30. The average molecular weight is 601 g/mol. The van der Waals surface area contributed by atoms with Crippen molar-refractivity contribution < 1.29 is 32.6 Å². The molecule has 0 saturated carbocycles. The second-order valence-corrected chi connectivity index (χ2v) is 11.4. The van der Waals surface area contributed by atoms with Gasteiger partial charge in [-0.1, -0.05) is 11.6 Å². The molecule has 2 aromatic carbocycles. The van der Waals surface area contributed by atoms with Crippen molar-refractivity contribution in [1.29, 1.82) is 0 Å². The van der Waals surface area contributed by atoms with Crippen LogP contribution in [0.1, 0.15) is 47.8 Å². The van der Waals surface area contributed by atoms with Gasteiger partial charge in [-0.05, 0) is 66.4 Å². The number of amides is 2. The minimum Gasteiger partial charge on any atom is -0.372 e. The fourth-order valence-electron chi connectivity index (χ4n) is 5.91. The maximum Gasteiger partial charge on any atom is 0.268 e. The lowest BCUT2D eigenvalue weighted by Gasteiger charge is -2.34. The summed E-state index contributed by atoms with van der Waals surface area (Å²) in [6.07, 6.45) is 2.22. The standard InChI is InChI=1S/C30H28ClF3N4O4/c31-19-7-17(8-21(33)10-19)12-36-28(39)30(41)5-6-38(29(30)40)23-9-18-14-37(15-26(18)35-13-23)22-2-4-27(42-16-22)24-11-20(32)1-3-25(24)34/h1,3,7-11,13,22,27,41H,2,4-6,12,14-16H2,(H,36,39)/t22-,27+,30?/m1/s1. The number of anilines is 1. The molecule has 3 aromatic rings. The number of hydrogen-bond acceptors (Lipinski definition) is 6. The van der Waals surface area contributed by atoms with Crippen molar-refractivity contribution in [3.05, 3.63) is 93.5 Å². The fourth-order valence-corrected chi connectivity index (χ4v) is 6.16. The molecule has 12 heteroatoms. The van der Waals surface area contributed by atoms with Crippen molar-refractivity contribution in [3.63, 3.8) is 0 Å². The topological polar surface area (TPSA) is 95.0 Å². The van der Waals surface area contributed by atoms with Crippen LogP contribution in [0.3, 0.4) is 0 Å². The van der Waals surface area contributed by atoms with Crippen LogP contribution in [0, 0.1) is 17.5 Å². The van der Waals surface area contributed by atoms with E-state index >= 15 is 0 Å². The number of halogens is 4. The third-order valence-electron chi connectivity index (χ3n) is 8.20. The van der Waals surface area contributed by atoms with Crippen LogP contribution in [0.4, 0.5) is 18.9 Å². The summed E-state index contributed by atoms with van der Waals surface area (Å²) in [5.74, 6) is -3.17. The van der Waals surface area contributed by atoms with Gasteiger partial charge >= 0.3 is 0 Å². The van der Waals surface area contributed by atoms with Gasteiger partial charge in [0.15, 0.2) is 0 Å². The number of pyridine rings is 1. The highest BCUT2D eigenvalue weighted by Crippen LogP contribution is 2.36. The summed E-state index contributed by atoms with van der Waals surface area (Å²) in [7, 11) is 0. The van der Waals surface area contributed by atoms with Gasteiger partial charge in [-0.15, -0.1) is 0 Å². The SMILES string of the molecule is O=C(NCc1cc(F)cc(Cl)c1)C1(O)CCN(c2cnc3c(c2)CN([C@@H]2CC[C@@H](c4cc(F)ccc4F)OC2)C3)C1=O. The summed E-state index contributed by atoms with van der Waals surface area (Å²) in [6.45, 7) is 1.51. The molecule has 2 saturated heterocycles. The Labute approximate surface area is 245 Å². The van der Waals surface area contributed by atoms with Crippen molar-refractivity contribution in [1.82, 2.24) is 15.2 Å². The number of fused-ring (bicyclic) bond motifs is 1. The molecule has 1 unspecified atom stereocenters. The van der Waals surface area contributed by atoms with Crippen LogP contribution >= 0.6 is 11.6 Å². The number of benzene rings is 2. The Hall–Kier alpha value is -3.51. The van der Waals surface area contributed by atoms with Gasteiger partial charge in [-0.2, -0.15) is 0 Å². The summed E-state index contributed by atoms with van der Waals surface area (Å²) in [5, 5.41) is 13.7. The zero-order valence-corrected chi connectivity index (χ0v) is 23.2. The first kappa shape index (κ1) is 28.6. The van der Waals surface area contributed by atoms with E-state index in [9.17, 15) is 27.9 Å². The number of carbonyl (C=O) groups excluding carboxylic acids is 2. The van der Waals surface area contributed by atoms with Gasteiger partial charge in [0.05, 0.1) is 30.3 Å². The number of hydrogen-bond donors (Lipinski definition) is 2. The molecule has 42 heavy (non-hydrogen) atoms. The van der Waals surface area contributed by atoms with E-state index in [2.05, 4.69) is 15.2 Å². The van der Waals surface area contributed by atoms with Crippen LogP contribution < -0.4 is 10.2 Å². The van der Waals surface area contributed by atoms with Crippen LogP contribution in [0.25, 0.3) is 0 Å². The number of ether oxygens (including phenoxy) is 1. The normalized spacial score (nSPS) is 24.2. The summed E-state index contributed by atoms with van der Waals surface area (Å²) in [6, 6.07) is 9.12. The summed E-state index contributed by atoms with van der Waals surface area (Å²) < 4.78 is 47.4. The summed E-state index contributed by atoms with van der Waals surface area (Å²) in [4.78, 5) is 34.2. The smallest absolute Gasteiger partial charge is 0.268 e. The van der Waals surface area contributed by atoms with Crippen LogP contribution in [0.5, 0.6) is 0 Å². The molecule has 1 aromatic heterocycles. The number of nitrogens with one attached hydrogen (secondary N) is 1. The molecule has 0 aliphatic carbocycles. The van der Waals surface area contributed by atoms with Gasteiger partial charge in [0.25, 0.3) is 11.8 Å². The van der Waals surface area contributed by atoms with Gasteiger partial charge in [0.2, 0.25) is 5.60 Å². The maximum absolute atomic E-state index is 14.2. The van der Waals surface area contributed by atoms with Crippen molar-refractivity contribution in [2.24, 2.45) is 0 Å². The number of aromatic nitrogens is 1. The number of aliphatic hydroxyl groups is 1. The molecule has 2 amide bonds. The first-order valence-corrected chi connectivity index (χ1v) is 14.0. The lowest BCUT2D eigenvalue weighted by molar-refractivity contribution is -0.149. The van der Waals surface area contributed by atoms with Crippen molar-refractivity contribution >= 4 is 29.1 Å². The second kappa shape index (κ2) is 11.3. The molecular weight excluding hydrogens is 573 g/mol. The molecule has 3 atom stereocenters. The molecule has 3 aliphatic rings. The third-order valence-corrected chi connectivity index (χ3v) is 8.42. The van der Waals surface area contributed by atoms with E-state index in [0.717, 1.165) is 35.9 Å². The molecule has 0 bridgehead atoms. The fraction of sp³-hybridized carbons (Fsp3) is 0.367. The molecule has 0 radical (unpaired) electrons. The Morgan fingerprint density at radius 1 is 1.12 bits per heavy atom. The minimum atomic E-state index is -2.26. The van der Waals surface area contributed by atoms with E-state index in [1.54, 1.807) is 6.20 Å². The minimum absolute atomic E-state index is 0.0608. The highest BCUT2D eigenvalue weighted by atomic mass is 35.5. The number of rotatable bonds is 6. The molecular formula is C30H28ClF3N4O4. The zero-order chi connectivity index (χ0) is 29.6. The predicted octanol–water partition coefficient (Wildman–Crippen LogP) is 4.17. The molecule has 0 spiro atoms. The third kappa shape index (κ3) is 5.49.